The minimum absolute atomic E-state index is 0.0619. The Hall–Kier alpha value is -0.660. The van der Waals surface area contributed by atoms with Gasteiger partial charge >= 0.3 is 0 Å². The van der Waals surface area contributed by atoms with Gasteiger partial charge in [0.25, 0.3) is 5.91 Å². The Morgan fingerprint density at radius 3 is 2.11 bits per heavy atom. The first-order valence-electron chi connectivity index (χ1n) is 7.22. The summed E-state index contributed by atoms with van der Waals surface area (Å²) in [5.41, 5.74) is 0.783. The second kappa shape index (κ2) is 9.70. The van der Waals surface area contributed by atoms with Gasteiger partial charge in [0.2, 0.25) is 3.79 Å². The second-order valence-electron chi connectivity index (χ2n) is 5.18. The van der Waals surface area contributed by atoms with Gasteiger partial charge in [0.1, 0.15) is 6.17 Å². The van der Waals surface area contributed by atoms with Gasteiger partial charge < -0.3 is 16.0 Å². The van der Waals surface area contributed by atoms with Crippen LogP contribution in [0.25, 0.3) is 0 Å². The largest absolute Gasteiger partial charge is 0.339 e. The van der Waals surface area contributed by atoms with Crippen LogP contribution in [-0.4, -0.2) is 21.0 Å². The fourth-order valence-electron chi connectivity index (χ4n) is 1.90. The Bertz CT molecular complexity index is 841. The molecule has 0 aliphatic heterocycles. The van der Waals surface area contributed by atoms with E-state index in [2.05, 4.69) is 16.0 Å². The van der Waals surface area contributed by atoms with Gasteiger partial charge in [-0.25, -0.2) is 0 Å². The smallest absolute Gasteiger partial charge is 0.252 e. The van der Waals surface area contributed by atoms with Crippen LogP contribution in [0.1, 0.15) is 10.4 Å². The number of benzene rings is 2. The first-order chi connectivity index (χ1) is 12.6. The molecule has 4 nitrogen and oxygen atoms in total. The van der Waals surface area contributed by atoms with Crippen molar-refractivity contribution < 1.29 is 4.79 Å². The van der Waals surface area contributed by atoms with E-state index in [0.29, 0.717) is 26.3 Å². The van der Waals surface area contributed by atoms with Gasteiger partial charge in [0.15, 0.2) is 5.11 Å². The lowest BCUT2D eigenvalue weighted by molar-refractivity contribution is 0.0934. The molecule has 11 heteroatoms. The zero-order chi connectivity index (χ0) is 20.2. The van der Waals surface area contributed by atoms with Gasteiger partial charge in [-0.15, -0.1) is 0 Å². The highest BCUT2D eigenvalue weighted by atomic mass is 35.6. The molecule has 0 aliphatic rings. The molecule has 1 amide bonds. The Balaban J connectivity index is 2.10. The van der Waals surface area contributed by atoms with Crippen molar-refractivity contribution in [2.24, 2.45) is 0 Å². The lowest BCUT2D eigenvalue weighted by Gasteiger charge is -2.28. The van der Waals surface area contributed by atoms with Crippen LogP contribution in [0.15, 0.2) is 42.5 Å². The molecule has 0 aliphatic carbocycles. The monoisotopic (exact) mass is 503 g/mol. The Labute approximate surface area is 191 Å². The van der Waals surface area contributed by atoms with E-state index in [1.54, 1.807) is 30.3 Å². The molecule has 1 atom stereocenters. The number of carbonyl (C=O) groups is 1. The van der Waals surface area contributed by atoms with Gasteiger partial charge in [-0.05, 0) is 54.7 Å². The summed E-state index contributed by atoms with van der Waals surface area (Å²) in [6.07, 6.45) is -1.14. The summed E-state index contributed by atoms with van der Waals surface area (Å²) in [6, 6.07) is 11.0. The highest BCUT2D eigenvalue weighted by molar-refractivity contribution is 7.80. The van der Waals surface area contributed by atoms with Crippen LogP contribution in [0, 0.1) is 0 Å². The number of rotatable bonds is 4. The van der Waals surface area contributed by atoms with E-state index in [0.717, 1.165) is 0 Å². The fourth-order valence-corrected chi connectivity index (χ4v) is 2.92. The zero-order valence-corrected chi connectivity index (χ0v) is 18.6. The third-order valence-corrected chi connectivity index (χ3v) is 4.85. The van der Waals surface area contributed by atoms with Crippen molar-refractivity contribution in [1.29, 1.82) is 0 Å². The van der Waals surface area contributed by atoms with Crippen LogP contribution in [0.5, 0.6) is 0 Å². The standard InChI is InChI=1S/C16H11Cl6N3OS/c17-9-3-1-8(2-4-9)13(26)24-14(16(20,21)22)25-15(27)23-12-7-10(18)5-6-11(12)19/h1-7,14H,(H,24,26)(H2,23,25,27). The number of carbonyl (C=O) groups excluding carboxylic acids is 1. The maximum atomic E-state index is 12.4. The molecule has 2 aromatic rings. The molecule has 0 saturated carbocycles. The molecule has 2 rings (SSSR count). The summed E-state index contributed by atoms with van der Waals surface area (Å²) in [4.78, 5) is 12.4. The summed E-state index contributed by atoms with van der Waals surface area (Å²) >= 11 is 40.9. The average molecular weight is 506 g/mol. The van der Waals surface area contributed by atoms with Crippen molar-refractivity contribution >= 4 is 98.5 Å². The molecular weight excluding hydrogens is 495 g/mol. The van der Waals surface area contributed by atoms with E-state index in [4.69, 9.17) is 81.8 Å². The minimum atomic E-state index is -1.90. The van der Waals surface area contributed by atoms with Gasteiger partial charge in [-0.3, -0.25) is 4.79 Å². The number of thiocarbonyl (C=S) groups is 1. The molecule has 2 aromatic carbocycles. The van der Waals surface area contributed by atoms with Gasteiger partial charge in [-0.2, -0.15) is 0 Å². The van der Waals surface area contributed by atoms with E-state index in [9.17, 15) is 4.79 Å². The van der Waals surface area contributed by atoms with Crippen molar-refractivity contribution in [3.63, 3.8) is 0 Å². The molecule has 0 aromatic heterocycles. The third kappa shape index (κ3) is 7.02. The maximum absolute atomic E-state index is 12.4. The molecule has 0 saturated heterocycles. The third-order valence-electron chi connectivity index (χ3n) is 3.16. The van der Waals surface area contributed by atoms with E-state index in [-0.39, 0.29) is 5.11 Å². The Kier molecular flexibility index (Phi) is 8.13. The predicted molar refractivity (Wildman–Crippen MR) is 119 cm³/mol. The number of amides is 1. The summed E-state index contributed by atoms with van der Waals surface area (Å²) in [7, 11) is 0. The molecule has 0 fully saturated rings. The lowest BCUT2D eigenvalue weighted by atomic mass is 10.2. The van der Waals surface area contributed by atoms with Crippen LogP contribution in [0.4, 0.5) is 5.69 Å². The molecule has 0 radical (unpaired) electrons. The molecule has 0 heterocycles. The van der Waals surface area contributed by atoms with Gasteiger partial charge in [-0.1, -0.05) is 69.6 Å². The first-order valence-corrected chi connectivity index (χ1v) is 9.89. The van der Waals surface area contributed by atoms with Crippen molar-refractivity contribution in [1.82, 2.24) is 10.6 Å². The molecule has 1 unspecified atom stereocenters. The number of nitrogens with one attached hydrogen (secondary N) is 3. The van der Waals surface area contributed by atoms with Crippen LogP contribution in [0.2, 0.25) is 15.1 Å². The van der Waals surface area contributed by atoms with Crippen molar-refractivity contribution in [2.75, 3.05) is 5.32 Å². The summed E-state index contributed by atoms with van der Waals surface area (Å²) in [5.74, 6) is -0.487. The average Bonchev–Trinajstić information content (AvgIpc) is 2.57. The molecule has 3 N–H and O–H groups in total. The van der Waals surface area contributed by atoms with E-state index in [1.165, 1.54) is 12.1 Å². The van der Waals surface area contributed by atoms with Crippen LogP contribution >= 0.6 is 81.8 Å². The highest BCUT2D eigenvalue weighted by Crippen LogP contribution is 2.30. The van der Waals surface area contributed by atoms with Crippen LogP contribution in [-0.2, 0) is 0 Å². The number of halogens is 6. The first kappa shape index (κ1) is 22.6. The summed E-state index contributed by atoms with van der Waals surface area (Å²) < 4.78 is -1.90. The fraction of sp³-hybridized carbons (Fsp3) is 0.125. The number of alkyl halides is 3. The summed E-state index contributed by atoms with van der Waals surface area (Å²) in [6.45, 7) is 0. The molecule has 27 heavy (non-hydrogen) atoms. The lowest BCUT2D eigenvalue weighted by Crippen LogP contribution is -2.56. The van der Waals surface area contributed by atoms with E-state index in [1.807, 2.05) is 0 Å². The Morgan fingerprint density at radius 2 is 1.52 bits per heavy atom. The predicted octanol–water partition coefficient (Wildman–Crippen LogP) is 6.06. The van der Waals surface area contributed by atoms with E-state index >= 15 is 0 Å². The van der Waals surface area contributed by atoms with Gasteiger partial charge in [0, 0.05) is 15.6 Å². The topological polar surface area (TPSA) is 53.2 Å². The van der Waals surface area contributed by atoms with Gasteiger partial charge in [0.05, 0.1) is 10.7 Å². The maximum Gasteiger partial charge on any atom is 0.252 e. The number of hydrogen-bond donors (Lipinski definition) is 3. The molecule has 0 spiro atoms. The van der Waals surface area contributed by atoms with Crippen molar-refractivity contribution in [2.45, 2.75) is 9.96 Å². The second-order valence-corrected chi connectivity index (χ2v) is 9.23. The van der Waals surface area contributed by atoms with E-state index < -0.39 is 15.9 Å². The normalized spacial score (nSPS) is 12.2. The minimum Gasteiger partial charge on any atom is -0.339 e. The molecule has 0 bridgehead atoms. The van der Waals surface area contributed by atoms with Crippen molar-refractivity contribution in [3.8, 4) is 0 Å². The Morgan fingerprint density at radius 1 is 0.926 bits per heavy atom. The summed E-state index contributed by atoms with van der Waals surface area (Å²) in [5, 5.41) is 9.52. The quantitative estimate of drug-likeness (QED) is 0.268. The molecular formula is C16H11Cl6N3OS. The number of hydrogen-bond acceptors (Lipinski definition) is 2. The highest BCUT2D eigenvalue weighted by Gasteiger charge is 2.35. The number of anilines is 1. The zero-order valence-electron chi connectivity index (χ0n) is 13.2. The molecule has 144 valence electrons. The van der Waals surface area contributed by atoms with Crippen LogP contribution < -0.4 is 16.0 Å². The van der Waals surface area contributed by atoms with Crippen molar-refractivity contribution in [3.05, 3.63) is 63.1 Å². The SMILES string of the molecule is O=C(NC(NC(=S)Nc1cc(Cl)ccc1Cl)C(Cl)(Cl)Cl)c1ccc(Cl)cc1. The van der Waals surface area contributed by atoms with Crippen LogP contribution in [0.3, 0.4) is 0 Å².